The van der Waals surface area contributed by atoms with Gasteiger partial charge < -0.3 is 10.1 Å². The van der Waals surface area contributed by atoms with Crippen LogP contribution < -0.4 is 14.4 Å². The number of carbonyl (C=O) groups is 1. The molecule has 0 radical (unpaired) electrons. The molecule has 0 aliphatic heterocycles. The molecule has 0 aliphatic carbocycles. The van der Waals surface area contributed by atoms with Crippen LogP contribution >= 0.6 is 0 Å². The van der Waals surface area contributed by atoms with Crippen molar-refractivity contribution in [3.05, 3.63) is 59.7 Å². The molecule has 1 amide bonds. The molecular weight excluding hydrogens is 352 g/mol. The number of rotatable bonds is 7. The lowest BCUT2D eigenvalue weighted by Gasteiger charge is -2.18. The van der Waals surface area contributed by atoms with Crippen molar-refractivity contribution < 1.29 is 17.9 Å². The Balaban J connectivity index is 2.00. The molecule has 2 aromatic rings. The minimum absolute atomic E-state index is 0.210. The zero-order valence-electron chi connectivity index (χ0n) is 15.4. The highest BCUT2D eigenvalue weighted by Gasteiger charge is 2.15. The van der Waals surface area contributed by atoms with Crippen LogP contribution in [0.25, 0.3) is 0 Å². The highest BCUT2D eigenvalue weighted by molar-refractivity contribution is 7.92. The molecular formula is C19H24N2O4S. The van der Waals surface area contributed by atoms with E-state index >= 15 is 0 Å². The molecule has 140 valence electrons. The highest BCUT2D eigenvalue weighted by Crippen LogP contribution is 2.18. The fourth-order valence-electron chi connectivity index (χ4n) is 2.32. The lowest BCUT2D eigenvalue weighted by atomic mass is 10.1. The maximum Gasteiger partial charge on any atom is 0.251 e. The highest BCUT2D eigenvalue weighted by atomic mass is 32.2. The van der Waals surface area contributed by atoms with Crippen molar-refractivity contribution in [1.82, 2.24) is 5.32 Å². The van der Waals surface area contributed by atoms with Gasteiger partial charge in [0.15, 0.2) is 0 Å². The minimum Gasteiger partial charge on any atom is -0.491 e. The summed E-state index contributed by atoms with van der Waals surface area (Å²) in [5, 5.41) is 2.86. The van der Waals surface area contributed by atoms with E-state index in [1.54, 1.807) is 24.3 Å². The predicted molar refractivity (Wildman–Crippen MR) is 103 cm³/mol. The summed E-state index contributed by atoms with van der Waals surface area (Å²) in [4.78, 5) is 12.4. The van der Waals surface area contributed by atoms with Gasteiger partial charge in [0.2, 0.25) is 10.0 Å². The van der Waals surface area contributed by atoms with E-state index in [4.69, 9.17) is 4.74 Å². The van der Waals surface area contributed by atoms with Gasteiger partial charge in [-0.15, -0.1) is 0 Å². The number of hydrogen-bond donors (Lipinski definition) is 1. The van der Waals surface area contributed by atoms with Crippen LogP contribution in [0.4, 0.5) is 5.69 Å². The third-order valence-corrected chi connectivity index (χ3v) is 5.14. The van der Waals surface area contributed by atoms with Crippen molar-refractivity contribution >= 4 is 21.6 Å². The molecule has 0 spiro atoms. The third-order valence-electron chi connectivity index (χ3n) is 3.93. The summed E-state index contributed by atoms with van der Waals surface area (Å²) in [6, 6.07) is 14.0. The molecule has 0 aliphatic rings. The molecule has 2 rings (SSSR count). The second-order valence-electron chi connectivity index (χ2n) is 6.23. The Morgan fingerprint density at radius 1 is 1.19 bits per heavy atom. The second-order valence-corrected chi connectivity index (χ2v) is 8.25. The Labute approximate surface area is 154 Å². The monoisotopic (exact) mass is 376 g/mol. The van der Waals surface area contributed by atoms with Gasteiger partial charge in [-0.25, -0.2) is 8.42 Å². The normalized spacial score (nSPS) is 12.3. The number of carbonyl (C=O) groups excluding carboxylic acids is 1. The van der Waals surface area contributed by atoms with E-state index < -0.39 is 10.0 Å². The van der Waals surface area contributed by atoms with Gasteiger partial charge in [-0.2, -0.15) is 0 Å². The number of nitrogens with one attached hydrogen (secondary N) is 1. The molecule has 0 fully saturated rings. The van der Waals surface area contributed by atoms with Crippen molar-refractivity contribution in [2.75, 3.05) is 24.2 Å². The number of para-hydroxylation sites is 1. The molecule has 0 heterocycles. The quantitative estimate of drug-likeness (QED) is 0.806. The Hall–Kier alpha value is -2.54. The van der Waals surface area contributed by atoms with Crippen LogP contribution in [0.5, 0.6) is 5.75 Å². The van der Waals surface area contributed by atoms with Crippen LogP contribution in [0.1, 0.15) is 22.8 Å². The van der Waals surface area contributed by atoms with E-state index in [1.807, 2.05) is 38.1 Å². The zero-order valence-corrected chi connectivity index (χ0v) is 16.2. The van der Waals surface area contributed by atoms with Gasteiger partial charge >= 0.3 is 0 Å². The number of amides is 1. The predicted octanol–water partition coefficient (Wildman–Crippen LogP) is 2.59. The van der Waals surface area contributed by atoms with Crippen LogP contribution in [0.15, 0.2) is 48.5 Å². The molecule has 0 saturated carbocycles. The molecule has 0 aromatic heterocycles. The summed E-state index contributed by atoms with van der Waals surface area (Å²) in [6.07, 6.45) is 1.12. The van der Waals surface area contributed by atoms with E-state index in [0.29, 0.717) is 17.9 Å². The average molecular weight is 376 g/mol. The summed E-state index contributed by atoms with van der Waals surface area (Å²) in [7, 11) is -1.93. The minimum atomic E-state index is -3.38. The summed E-state index contributed by atoms with van der Waals surface area (Å²) in [5.74, 6) is 0.500. The summed E-state index contributed by atoms with van der Waals surface area (Å²) in [6.45, 7) is 4.14. The second kappa shape index (κ2) is 8.23. The first-order chi connectivity index (χ1) is 12.2. The number of sulfonamides is 1. The van der Waals surface area contributed by atoms with Gasteiger partial charge in [0.05, 0.1) is 18.0 Å². The number of aryl methyl sites for hydroxylation is 1. The lowest BCUT2D eigenvalue weighted by Crippen LogP contribution is -2.37. The van der Waals surface area contributed by atoms with Crippen LogP contribution in [-0.2, 0) is 10.0 Å². The largest absolute Gasteiger partial charge is 0.491 e. The van der Waals surface area contributed by atoms with Gasteiger partial charge in [-0.3, -0.25) is 9.10 Å². The summed E-state index contributed by atoms with van der Waals surface area (Å²) < 4.78 is 30.2. The Morgan fingerprint density at radius 2 is 1.88 bits per heavy atom. The van der Waals surface area contributed by atoms with E-state index in [-0.39, 0.29) is 11.9 Å². The van der Waals surface area contributed by atoms with Crippen molar-refractivity contribution in [3.63, 3.8) is 0 Å². The van der Waals surface area contributed by atoms with Gasteiger partial charge in [0.1, 0.15) is 12.4 Å². The molecule has 2 aromatic carbocycles. The van der Waals surface area contributed by atoms with E-state index in [2.05, 4.69) is 5.32 Å². The van der Waals surface area contributed by atoms with E-state index in [1.165, 1.54) is 7.05 Å². The molecule has 0 bridgehead atoms. The van der Waals surface area contributed by atoms with Gasteiger partial charge in [-0.1, -0.05) is 24.3 Å². The smallest absolute Gasteiger partial charge is 0.251 e. The van der Waals surface area contributed by atoms with Crippen molar-refractivity contribution in [3.8, 4) is 5.75 Å². The van der Waals surface area contributed by atoms with Gasteiger partial charge in [-0.05, 0) is 43.7 Å². The van der Waals surface area contributed by atoms with Gasteiger partial charge in [0.25, 0.3) is 5.91 Å². The van der Waals surface area contributed by atoms with Crippen LogP contribution in [-0.4, -0.2) is 40.3 Å². The number of anilines is 1. The Bertz CT molecular complexity index is 881. The van der Waals surface area contributed by atoms with Crippen molar-refractivity contribution in [2.45, 2.75) is 19.9 Å². The molecule has 7 heteroatoms. The average Bonchev–Trinajstić information content (AvgIpc) is 2.59. The Kier molecular flexibility index (Phi) is 6.26. The van der Waals surface area contributed by atoms with Crippen molar-refractivity contribution in [2.24, 2.45) is 0 Å². The van der Waals surface area contributed by atoms with Crippen LogP contribution in [0, 0.1) is 6.92 Å². The first-order valence-electron chi connectivity index (χ1n) is 8.21. The zero-order chi connectivity index (χ0) is 19.3. The maximum atomic E-state index is 12.4. The number of ether oxygens (including phenoxy) is 1. The topological polar surface area (TPSA) is 75.7 Å². The summed E-state index contributed by atoms with van der Waals surface area (Å²) >= 11 is 0. The number of nitrogens with zero attached hydrogens (tertiary/aromatic N) is 1. The number of hydrogen-bond acceptors (Lipinski definition) is 4. The standard InChI is InChI=1S/C19H24N2O4S/c1-14-8-5-6-11-18(14)25-13-15(2)20-19(22)16-9-7-10-17(12-16)21(3)26(4,23)24/h5-12,15H,13H2,1-4H3,(H,20,22)/t15-/m0/s1. The third kappa shape index (κ3) is 5.23. The molecule has 0 unspecified atom stereocenters. The molecule has 1 N–H and O–H groups in total. The maximum absolute atomic E-state index is 12.4. The van der Waals surface area contributed by atoms with Crippen LogP contribution in [0.3, 0.4) is 0 Å². The van der Waals surface area contributed by atoms with E-state index in [0.717, 1.165) is 21.9 Å². The summed E-state index contributed by atoms with van der Waals surface area (Å²) in [5.41, 5.74) is 1.85. The van der Waals surface area contributed by atoms with Gasteiger partial charge in [0, 0.05) is 12.6 Å². The van der Waals surface area contributed by atoms with E-state index in [9.17, 15) is 13.2 Å². The molecule has 1 atom stereocenters. The fraction of sp³-hybridized carbons (Fsp3) is 0.316. The SMILES string of the molecule is Cc1ccccc1OC[C@H](C)NC(=O)c1cccc(N(C)S(C)(=O)=O)c1. The first kappa shape index (κ1) is 19.8. The fourth-order valence-corrected chi connectivity index (χ4v) is 2.81. The number of benzene rings is 2. The molecule has 26 heavy (non-hydrogen) atoms. The lowest BCUT2D eigenvalue weighted by molar-refractivity contribution is 0.0926. The molecule has 0 saturated heterocycles. The first-order valence-corrected chi connectivity index (χ1v) is 10.1. The van der Waals surface area contributed by atoms with Crippen LogP contribution in [0.2, 0.25) is 0 Å². The Morgan fingerprint density at radius 3 is 2.54 bits per heavy atom. The van der Waals surface area contributed by atoms with Crippen molar-refractivity contribution in [1.29, 1.82) is 0 Å². The molecule has 6 nitrogen and oxygen atoms in total.